The highest BCUT2D eigenvalue weighted by Crippen LogP contribution is 2.36. The van der Waals surface area contributed by atoms with Gasteiger partial charge in [-0.05, 0) is 36.3 Å². The zero-order valence-electron chi connectivity index (χ0n) is 15.7. The molecule has 2 aromatic rings. The summed E-state index contributed by atoms with van der Waals surface area (Å²) in [6.45, 7) is 1.49. The highest BCUT2D eigenvalue weighted by molar-refractivity contribution is 6.29. The molecule has 1 saturated heterocycles. The molecule has 2 atom stereocenters. The van der Waals surface area contributed by atoms with E-state index < -0.39 is 11.2 Å². The van der Waals surface area contributed by atoms with Gasteiger partial charge < -0.3 is 4.90 Å². The average Bonchev–Trinajstić information content (AvgIpc) is 3.00. The lowest BCUT2D eigenvalue weighted by Crippen LogP contribution is -2.46. The number of carbonyl (C=O) groups excluding carboxylic acids is 1. The Morgan fingerprint density at radius 3 is 2.56 bits per heavy atom. The Labute approximate surface area is 161 Å². The van der Waals surface area contributed by atoms with E-state index >= 15 is 0 Å². The largest absolute Gasteiger partial charge is 0.341 e. The van der Waals surface area contributed by atoms with Crippen LogP contribution in [0.3, 0.4) is 0 Å². The van der Waals surface area contributed by atoms with Gasteiger partial charge in [-0.25, -0.2) is 4.79 Å². The van der Waals surface area contributed by atoms with Crippen LogP contribution in [-0.2, 0) is 25.4 Å². The fourth-order valence-corrected chi connectivity index (χ4v) is 4.85. The van der Waals surface area contributed by atoms with Crippen LogP contribution < -0.4 is 11.2 Å². The van der Waals surface area contributed by atoms with Crippen molar-refractivity contribution in [2.75, 3.05) is 13.1 Å². The van der Waals surface area contributed by atoms with Gasteiger partial charge in [0.2, 0.25) is 11.2 Å². The van der Waals surface area contributed by atoms with Gasteiger partial charge in [-0.3, -0.25) is 23.3 Å². The van der Waals surface area contributed by atoms with Gasteiger partial charge in [-0.15, -0.1) is 0 Å². The zero-order valence-corrected chi connectivity index (χ0v) is 16.4. The van der Waals surface area contributed by atoms with Crippen molar-refractivity contribution in [1.29, 1.82) is 0 Å². The number of nitrogens with zero attached hydrogens (tertiary/aromatic N) is 5. The summed E-state index contributed by atoms with van der Waals surface area (Å²) in [6.07, 6.45) is 6.05. The molecule has 27 heavy (non-hydrogen) atoms. The Morgan fingerprint density at radius 2 is 1.81 bits per heavy atom. The number of hydrogen-bond acceptors (Lipinski definition) is 4. The summed E-state index contributed by atoms with van der Waals surface area (Å²) in [5, 5.41) is 0.0456. The zero-order chi connectivity index (χ0) is 19.3. The van der Waals surface area contributed by atoms with Crippen LogP contribution in [0.15, 0.2) is 9.59 Å². The monoisotopic (exact) mass is 393 g/mol. The molecule has 0 unspecified atom stereocenters. The number of amides is 1. The van der Waals surface area contributed by atoms with Crippen LogP contribution in [0.1, 0.15) is 32.1 Å². The predicted octanol–water partition coefficient (Wildman–Crippen LogP) is 1.13. The molecule has 8 nitrogen and oxygen atoms in total. The first-order valence-corrected chi connectivity index (χ1v) is 9.85. The summed E-state index contributed by atoms with van der Waals surface area (Å²) in [7, 11) is 2.94. The van der Waals surface area contributed by atoms with Crippen molar-refractivity contribution < 1.29 is 4.79 Å². The van der Waals surface area contributed by atoms with Crippen molar-refractivity contribution in [2.45, 2.75) is 38.6 Å². The minimum absolute atomic E-state index is 0.0415. The lowest BCUT2D eigenvalue weighted by atomic mass is 9.75. The van der Waals surface area contributed by atoms with Crippen LogP contribution in [0.2, 0.25) is 5.28 Å². The maximum Gasteiger partial charge on any atom is 0.332 e. The van der Waals surface area contributed by atoms with E-state index in [4.69, 9.17) is 11.6 Å². The van der Waals surface area contributed by atoms with E-state index in [-0.39, 0.29) is 28.9 Å². The summed E-state index contributed by atoms with van der Waals surface area (Å²) < 4.78 is 3.71. The molecular formula is C18H24ClN5O3. The standard InChI is InChI=1S/C18H24ClN5O3/c1-21-15-14(16(26)22(2)18(21)27)24(17(19)20-15)10-13(25)23-8-7-11-5-3-4-6-12(11)9-23/h11-12H,3-10H2,1-2H3/t11-,12-/m0/s1. The van der Waals surface area contributed by atoms with Crippen LogP contribution in [0.25, 0.3) is 11.2 Å². The molecule has 1 saturated carbocycles. The minimum Gasteiger partial charge on any atom is -0.341 e. The number of carbonyl (C=O) groups is 1. The molecule has 0 spiro atoms. The number of rotatable bonds is 2. The van der Waals surface area contributed by atoms with Crippen molar-refractivity contribution in [3.63, 3.8) is 0 Å². The molecule has 2 aromatic heterocycles. The second-order valence-corrected chi connectivity index (χ2v) is 8.12. The van der Waals surface area contributed by atoms with Gasteiger partial charge in [0.05, 0.1) is 0 Å². The predicted molar refractivity (Wildman–Crippen MR) is 102 cm³/mol. The van der Waals surface area contributed by atoms with Crippen LogP contribution in [0, 0.1) is 11.8 Å². The first kappa shape index (κ1) is 18.3. The Hall–Kier alpha value is -2.09. The van der Waals surface area contributed by atoms with E-state index in [0.717, 1.165) is 30.0 Å². The summed E-state index contributed by atoms with van der Waals surface area (Å²) >= 11 is 6.23. The molecule has 1 aliphatic heterocycles. The quantitative estimate of drug-likeness (QED) is 0.716. The molecule has 0 bridgehead atoms. The fraction of sp³-hybridized carbons (Fsp3) is 0.667. The van der Waals surface area contributed by atoms with Crippen molar-refractivity contribution in [1.82, 2.24) is 23.6 Å². The molecule has 1 amide bonds. The minimum atomic E-state index is -0.494. The molecule has 4 rings (SSSR count). The highest BCUT2D eigenvalue weighted by atomic mass is 35.5. The molecule has 1 aliphatic carbocycles. The number of likely N-dealkylation sites (tertiary alicyclic amines) is 1. The van der Waals surface area contributed by atoms with Crippen molar-refractivity contribution in [3.8, 4) is 0 Å². The molecule has 3 heterocycles. The Kier molecular flexibility index (Phi) is 4.61. The van der Waals surface area contributed by atoms with Crippen molar-refractivity contribution >= 4 is 28.7 Å². The van der Waals surface area contributed by atoms with Crippen LogP contribution in [-0.4, -0.2) is 42.6 Å². The van der Waals surface area contributed by atoms with Crippen molar-refractivity contribution in [2.24, 2.45) is 25.9 Å². The molecule has 0 radical (unpaired) electrons. The van der Waals surface area contributed by atoms with E-state index in [2.05, 4.69) is 4.98 Å². The number of aromatic nitrogens is 4. The third-order valence-electron chi connectivity index (χ3n) is 6.24. The van der Waals surface area contributed by atoms with Crippen LogP contribution in [0.5, 0.6) is 0 Å². The molecule has 0 N–H and O–H groups in total. The lowest BCUT2D eigenvalue weighted by Gasteiger charge is -2.41. The fourth-order valence-electron chi connectivity index (χ4n) is 4.63. The van der Waals surface area contributed by atoms with Gasteiger partial charge in [0.1, 0.15) is 6.54 Å². The van der Waals surface area contributed by atoms with E-state index in [0.29, 0.717) is 5.92 Å². The third-order valence-corrected chi connectivity index (χ3v) is 6.53. The van der Waals surface area contributed by atoms with E-state index in [1.165, 1.54) is 48.9 Å². The van der Waals surface area contributed by atoms with E-state index in [9.17, 15) is 14.4 Å². The van der Waals surface area contributed by atoms with Gasteiger partial charge in [0, 0.05) is 27.2 Å². The highest BCUT2D eigenvalue weighted by Gasteiger charge is 2.33. The number of fused-ring (bicyclic) bond motifs is 2. The Balaban J connectivity index is 1.64. The summed E-state index contributed by atoms with van der Waals surface area (Å²) in [6, 6.07) is 0. The molecule has 9 heteroatoms. The molecule has 146 valence electrons. The number of piperidine rings is 1. The number of hydrogen-bond donors (Lipinski definition) is 0. The maximum absolute atomic E-state index is 12.9. The second kappa shape index (κ2) is 6.82. The van der Waals surface area contributed by atoms with E-state index in [1.807, 2.05) is 4.90 Å². The lowest BCUT2D eigenvalue weighted by molar-refractivity contribution is -0.134. The van der Waals surface area contributed by atoms with Gasteiger partial charge in [-0.2, -0.15) is 4.98 Å². The summed E-state index contributed by atoms with van der Waals surface area (Å²) in [5.41, 5.74) is -0.580. The summed E-state index contributed by atoms with van der Waals surface area (Å²) in [4.78, 5) is 43.6. The summed E-state index contributed by atoms with van der Waals surface area (Å²) in [5.74, 6) is 1.26. The van der Waals surface area contributed by atoms with Gasteiger partial charge in [-0.1, -0.05) is 19.3 Å². The first-order chi connectivity index (χ1) is 12.9. The SMILES string of the molecule is Cn1c(=O)c2c(nc(Cl)n2CC(=O)N2CC[C@@H]3CCCC[C@H]3C2)n(C)c1=O. The Morgan fingerprint density at radius 1 is 1.11 bits per heavy atom. The number of halogens is 1. The van der Waals surface area contributed by atoms with Gasteiger partial charge >= 0.3 is 5.69 Å². The van der Waals surface area contributed by atoms with Crippen LogP contribution in [0.4, 0.5) is 0 Å². The number of aryl methyl sites for hydroxylation is 1. The van der Waals surface area contributed by atoms with Crippen molar-refractivity contribution in [3.05, 3.63) is 26.1 Å². The van der Waals surface area contributed by atoms with Gasteiger partial charge in [0.15, 0.2) is 11.2 Å². The topological polar surface area (TPSA) is 82.1 Å². The van der Waals surface area contributed by atoms with E-state index in [1.54, 1.807) is 0 Å². The molecule has 2 fully saturated rings. The Bertz CT molecular complexity index is 1020. The average molecular weight is 394 g/mol. The van der Waals surface area contributed by atoms with Crippen LogP contribution >= 0.6 is 11.6 Å². The normalized spacial score (nSPS) is 22.9. The second-order valence-electron chi connectivity index (χ2n) is 7.78. The molecular weight excluding hydrogens is 370 g/mol. The molecule has 0 aromatic carbocycles. The van der Waals surface area contributed by atoms with Gasteiger partial charge in [0.25, 0.3) is 5.56 Å². The third kappa shape index (κ3) is 2.99. The first-order valence-electron chi connectivity index (χ1n) is 9.48. The number of imidazole rings is 1. The smallest absolute Gasteiger partial charge is 0.332 e. The maximum atomic E-state index is 12.9. The molecule has 2 aliphatic rings.